The Morgan fingerprint density at radius 2 is 1.77 bits per heavy atom. The molecule has 0 saturated heterocycles. The van der Waals surface area contributed by atoms with E-state index in [4.69, 9.17) is 9.84 Å². The zero-order valence-corrected chi connectivity index (χ0v) is 18.1. The Labute approximate surface area is 185 Å². The van der Waals surface area contributed by atoms with Gasteiger partial charge < -0.3 is 9.64 Å². The molecular weight excluding hydrogens is 406 g/mol. The molecule has 1 amide bonds. The van der Waals surface area contributed by atoms with Crippen molar-refractivity contribution < 1.29 is 9.53 Å². The lowest BCUT2D eigenvalue weighted by Crippen LogP contribution is -2.32. The minimum Gasteiger partial charge on any atom is -0.439 e. The van der Waals surface area contributed by atoms with Crippen LogP contribution in [-0.2, 0) is 6.54 Å². The molecule has 2 aromatic carbocycles. The van der Waals surface area contributed by atoms with Crippen molar-refractivity contribution in [2.24, 2.45) is 0 Å². The molecule has 0 radical (unpaired) electrons. The minimum atomic E-state index is 0.0787. The first-order valence-electron chi connectivity index (χ1n) is 10.4. The van der Waals surface area contributed by atoms with Gasteiger partial charge in [-0.2, -0.15) is 5.10 Å². The molecule has 0 unspecified atom stereocenters. The van der Waals surface area contributed by atoms with Gasteiger partial charge in [0.1, 0.15) is 5.75 Å². The summed E-state index contributed by atoms with van der Waals surface area (Å²) in [6.07, 6.45) is 2.08. The normalized spacial score (nSPS) is 13.2. The third-order valence-electron chi connectivity index (χ3n) is 5.40. The molecule has 0 atom stereocenters. The number of benzene rings is 2. The molecule has 1 aliphatic carbocycles. The van der Waals surface area contributed by atoms with Crippen LogP contribution in [0.1, 0.15) is 33.8 Å². The van der Waals surface area contributed by atoms with E-state index in [1.54, 1.807) is 0 Å². The van der Waals surface area contributed by atoms with Crippen LogP contribution >= 0.6 is 11.3 Å². The van der Waals surface area contributed by atoms with Crippen molar-refractivity contribution in [3.8, 4) is 17.3 Å². The largest absolute Gasteiger partial charge is 0.439 e. The Bertz CT molecular complexity index is 1170. The molecule has 31 heavy (non-hydrogen) atoms. The van der Waals surface area contributed by atoms with Crippen LogP contribution in [0.2, 0.25) is 0 Å². The first-order valence-corrected chi connectivity index (χ1v) is 11.3. The van der Waals surface area contributed by atoms with Crippen LogP contribution in [0.4, 0.5) is 0 Å². The van der Waals surface area contributed by atoms with Gasteiger partial charge in [0.05, 0.1) is 28.4 Å². The molecule has 2 aromatic heterocycles. The Balaban J connectivity index is 1.55. The Morgan fingerprint density at radius 1 is 1.06 bits per heavy atom. The van der Waals surface area contributed by atoms with E-state index >= 15 is 0 Å². The number of carbonyl (C=O) groups is 1. The fourth-order valence-corrected chi connectivity index (χ4v) is 4.31. The van der Waals surface area contributed by atoms with Crippen molar-refractivity contribution in [2.45, 2.75) is 32.4 Å². The Kier molecular flexibility index (Phi) is 5.30. The number of para-hydroxylation sites is 2. The van der Waals surface area contributed by atoms with Gasteiger partial charge >= 0.3 is 0 Å². The molecule has 156 valence electrons. The van der Waals surface area contributed by atoms with Crippen molar-refractivity contribution in [3.63, 3.8) is 0 Å². The van der Waals surface area contributed by atoms with Crippen molar-refractivity contribution in [1.82, 2.24) is 14.7 Å². The predicted octanol–water partition coefficient (Wildman–Crippen LogP) is 5.84. The van der Waals surface area contributed by atoms with Gasteiger partial charge in [0.15, 0.2) is 0 Å². The molecule has 1 saturated carbocycles. The second-order valence-electron chi connectivity index (χ2n) is 7.67. The van der Waals surface area contributed by atoms with Gasteiger partial charge in [-0.1, -0.05) is 42.5 Å². The fraction of sp³-hybridized carbons (Fsp3) is 0.200. The fourth-order valence-electron chi connectivity index (χ4n) is 3.63. The summed E-state index contributed by atoms with van der Waals surface area (Å²) in [7, 11) is 0. The van der Waals surface area contributed by atoms with Crippen molar-refractivity contribution in [3.05, 3.63) is 94.3 Å². The van der Waals surface area contributed by atoms with Crippen LogP contribution in [0.15, 0.2) is 78.2 Å². The first-order chi connectivity index (χ1) is 15.2. The molecule has 4 aromatic rings. The van der Waals surface area contributed by atoms with E-state index in [0.29, 0.717) is 12.4 Å². The van der Waals surface area contributed by atoms with Gasteiger partial charge in [-0.05, 0) is 55.5 Å². The standard InChI is InChI=1S/C25H23N3O2S/c1-18-22(17-27(19-14-15-19)24(29)23-13-8-16-31-23)25(30-21-11-6-3-7-12-21)28(26-18)20-9-4-2-5-10-20/h2-13,16,19H,14-15,17H2,1H3. The van der Waals surface area contributed by atoms with E-state index in [0.717, 1.165) is 40.4 Å². The first kappa shape index (κ1) is 19.6. The predicted molar refractivity (Wildman–Crippen MR) is 122 cm³/mol. The highest BCUT2D eigenvalue weighted by Gasteiger charge is 2.35. The number of carbonyl (C=O) groups excluding carboxylic acids is 1. The van der Waals surface area contributed by atoms with Crippen LogP contribution in [0.5, 0.6) is 11.6 Å². The van der Waals surface area contributed by atoms with Crippen LogP contribution in [0.3, 0.4) is 0 Å². The molecule has 5 nitrogen and oxygen atoms in total. The molecule has 1 fully saturated rings. The number of amides is 1. The summed E-state index contributed by atoms with van der Waals surface area (Å²) in [6.45, 7) is 2.45. The minimum absolute atomic E-state index is 0.0787. The van der Waals surface area contributed by atoms with Crippen LogP contribution in [0.25, 0.3) is 5.69 Å². The lowest BCUT2D eigenvalue weighted by atomic mass is 10.2. The summed E-state index contributed by atoms with van der Waals surface area (Å²) in [5.74, 6) is 1.47. The maximum absolute atomic E-state index is 13.2. The lowest BCUT2D eigenvalue weighted by Gasteiger charge is -2.22. The molecule has 0 aliphatic heterocycles. The number of rotatable bonds is 7. The van der Waals surface area contributed by atoms with Crippen molar-refractivity contribution in [1.29, 1.82) is 0 Å². The number of hydrogen-bond donors (Lipinski definition) is 0. The van der Waals surface area contributed by atoms with E-state index in [2.05, 4.69) is 0 Å². The maximum atomic E-state index is 13.2. The summed E-state index contributed by atoms with van der Waals surface area (Å²) < 4.78 is 8.18. The van der Waals surface area contributed by atoms with Gasteiger partial charge in [-0.25, -0.2) is 4.68 Å². The Morgan fingerprint density at radius 3 is 2.42 bits per heavy atom. The summed E-state index contributed by atoms with van der Waals surface area (Å²) in [6, 6.07) is 23.7. The van der Waals surface area contributed by atoms with Crippen LogP contribution < -0.4 is 4.74 Å². The van der Waals surface area contributed by atoms with Gasteiger partial charge in [0.2, 0.25) is 5.88 Å². The highest BCUT2D eigenvalue weighted by Crippen LogP contribution is 2.36. The lowest BCUT2D eigenvalue weighted by molar-refractivity contribution is 0.0733. The van der Waals surface area contributed by atoms with Gasteiger partial charge in [0, 0.05) is 6.04 Å². The van der Waals surface area contributed by atoms with Crippen LogP contribution in [0, 0.1) is 6.92 Å². The van der Waals surface area contributed by atoms with E-state index in [1.165, 1.54) is 11.3 Å². The second kappa shape index (κ2) is 8.40. The zero-order valence-electron chi connectivity index (χ0n) is 17.3. The average Bonchev–Trinajstić information content (AvgIpc) is 3.40. The molecule has 6 heteroatoms. The van der Waals surface area contributed by atoms with Gasteiger partial charge in [-0.15, -0.1) is 11.3 Å². The molecule has 2 heterocycles. The van der Waals surface area contributed by atoms with Crippen molar-refractivity contribution >= 4 is 17.2 Å². The molecule has 0 N–H and O–H groups in total. The summed E-state index contributed by atoms with van der Waals surface area (Å²) in [5.41, 5.74) is 2.72. The number of aryl methyl sites for hydroxylation is 1. The second-order valence-corrected chi connectivity index (χ2v) is 8.62. The molecular formula is C25H23N3O2S. The SMILES string of the molecule is Cc1nn(-c2ccccc2)c(Oc2ccccc2)c1CN(C(=O)c1cccs1)C1CC1. The van der Waals surface area contributed by atoms with Crippen LogP contribution in [-0.4, -0.2) is 26.6 Å². The van der Waals surface area contributed by atoms with Crippen molar-refractivity contribution in [2.75, 3.05) is 0 Å². The average molecular weight is 430 g/mol. The molecule has 5 rings (SSSR count). The highest BCUT2D eigenvalue weighted by molar-refractivity contribution is 7.12. The number of ether oxygens (including phenoxy) is 1. The van der Waals surface area contributed by atoms with E-state index < -0.39 is 0 Å². The van der Waals surface area contributed by atoms with E-state index in [9.17, 15) is 4.79 Å². The smallest absolute Gasteiger partial charge is 0.264 e. The third-order valence-corrected chi connectivity index (χ3v) is 6.26. The van der Waals surface area contributed by atoms with E-state index in [1.807, 2.05) is 94.7 Å². The summed E-state index contributed by atoms with van der Waals surface area (Å²) in [5, 5.41) is 6.73. The molecule has 0 bridgehead atoms. The van der Waals surface area contributed by atoms with Gasteiger partial charge in [0.25, 0.3) is 5.91 Å². The third kappa shape index (κ3) is 4.11. The summed E-state index contributed by atoms with van der Waals surface area (Å²) >= 11 is 1.48. The topological polar surface area (TPSA) is 47.4 Å². The highest BCUT2D eigenvalue weighted by atomic mass is 32.1. The molecule has 0 spiro atoms. The maximum Gasteiger partial charge on any atom is 0.264 e. The Hall–Kier alpha value is -3.38. The number of thiophene rings is 1. The summed E-state index contributed by atoms with van der Waals surface area (Å²) in [4.78, 5) is 16.0. The zero-order chi connectivity index (χ0) is 21.2. The number of aromatic nitrogens is 2. The monoisotopic (exact) mass is 429 g/mol. The molecule has 1 aliphatic rings. The number of nitrogens with zero attached hydrogens (tertiary/aromatic N) is 3. The van der Waals surface area contributed by atoms with Gasteiger partial charge in [-0.3, -0.25) is 4.79 Å². The number of hydrogen-bond acceptors (Lipinski definition) is 4. The quantitative estimate of drug-likeness (QED) is 0.371. The van der Waals surface area contributed by atoms with E-state index in [-0.39, 0.29) is 11.9 Å².